The van der Waals surface area contributed by atoms with Gasteiger partial charge in [-0.15, -0.1) is 0 Å². The van der Waals surface area contributed by atoms with Gasteiger partial charge in [-0.05, 0) is 6.08 Å². The van der Waals surface area contributed by atoms with Crippen LogP contribution in [-0.2, 0) is 0 Å². The summed E-state index contributed by atoms with van der Waals surface area (Å²) in [4.78, 5) is 4.94. The minimum Gasteiger partial charge on any atom is -0.395 e. The van der Waals surface area contributed by atoms with E-state index in [2.05, 4.69) is 4.79 Å². The lowest BCUT2D eigenvalue weighted by atomic mass is 10.1. The second-order valence-electron chi connectivity index (χ2n) is 3.02. The minimum absolute atomic E-state index is 0.0823. The Morgan fingerprint density at radius 2 is 2.43 bits per heavy atom. The summed E-state index contributed by atoms with van der Waals surface area (Å²) >= 11 is 5.96. The van der Waals surface area contributed by atoms with Gasteiger partial charge in [0.05, 0.1) is 23.8 Å². The van der Waals surface area contributed by atoms with Crippen molar-refractivity contribution in [3.05, 3.63) is 28.4 Å². The molecule has 5 heteroatoms. The molecular weight excluding hydrogens is 202 g/mol. The first-order chi connectivity index (χ1) is 6.69. The molecule has 0 spiro atoms. The Hall–Kier alpha value is -1.09. The maximum atomic E-state index is 8.76. The Labute approximate surface area is 87.7 Å². The molecule has 0 fully saturated rings. The topological polar surface area (TPSA) is 59.9 Å². The van der Waals surface area contributed by atoms with Gasteiger partial charge in [0.2, 0.25) is 0 Å². The molecule has 0 radical (unpaired) electrons. The van der Waals surface area contributed by atoms with Crippen LogP contribution in [0.4, 0.5) is 0 Å². The fourth-order valence-corrected chi connectivity index (χ4v) is 1.60. The SMILES string of the molecule is CN(CCO)C1=CCC(=[N+]=[N-])C=C1Cl. The van der Waals surface area contributed by atoms with Gasteiger partial charge in [0.15, 0.2) is 0 Å². The first-order valence-corrected chi connectivity index (χ1v) is 4.67. The van der Waals surface area contributed by atoms with E-state index in [0.717, 1.165) is 5.70 Å². The number of nitrogens with zero attached hydrogens (tertiary/aromatic N) is 3. The normalized spacial score (nSPS) is 15.8. The molecule has 0 aromatic heterocycles. The van der Waals surface area contributed by atoms with Crippen molar-refractivity contribution >= 4 is 17.3 Å². The van der Waals surface area contributed by atoms with Gasteiger partial charge >= 0.3 is 0 Å². The molecule has 1 N–H and O–H groups in total. The molecule has 1 rings (SSSR count). The highest BCUT2D eigenvalue weighted by Crippen LogP contribution is 2.22. The second kappa shape index (κ2) is 4.96. The van der Waals surface area contributed by atoms with E-state index >= 15 is 0 Å². The zero-order valence-corrected chi connectivity index (χ0v) is 8.70. The predicted octanol–water partition coefficient (Wildman–Crippen LogP) is 0.992. The third-order valence-corrected chi connectivity index (χ3v) is 2.32. The largest absolute Gasteiger partial charge is 0.395 e. The van der Waals surface area contributed by atoms with Crippen molar-refractivity contribution in [3.8, 4) is 0 Å². The molecule has 0 amide bonds. The number of hydrogen-bond acceptors (Lipinski definition) is 2. The highest BCUT2D eigenvalue weighted by atomic mass is 35.5. The van der Waals surface area contributed by atoms with Gasteiger partial charge in [-0.1, -0.05) is 11.6 Å². The van der Waals surface area contributed by atoms with Crippen molar-refractivity contribution in [2.75, 3.05) is 20.2 Å². The molecule has 0 saturated carbocycles. The standard InChI is InChI=1S/C9H12ClN3O/c1-13(4-5-14)9-3-2-7(12-11)6-8(9)10/h3,6,14H,2,4-5H2,1H3. The second-order valence-corrected chi connectivity index (χ2v) is 3.43. The van der Waals surface area contributed by atoms with Gasteiger partial charge in [0, 0.05) is 19.7 Å². The number of rotatable bonds is 3. The zero-order valence-electron chi connectivity index (χ0n) is 7.94. The van der Waals surface area contributed by atoms with Crippen molar-refractivity contribution < 1.29 is 9.90 Å². The summed E-state index contributed by atoms with van der Waals surface area (Å²) < 4.78 is 0. The van der Waals surface area contributed by atoms with Crippen molar-refractivity contribution in [2.45, 2.75) is 6.42 Å². The number of allylic oxidation sites excluding steroid dienone is 3. The summed E-state index contributed by atoms with van der Waals surface area (Å²) in [5.41, 5.74) is 9.93. The molecule has 0 heterocycles. The highest BCUT2D eigenvalue weighted by molar-refractivity contribution is 6.33. The zero-order chi connectivity index (χ0) is 10.6. The van der Waals surface area contributed by atoms with Crippen LogP contribution in [0, 0.1) is 0 Å². The highest BCUT2D eigenvalue weighted by Gasteiger charge is 2.17. The van der Waals surface area contributed by atoms with E-state index in [4.69, 9.17) is 22.2 Å². The van der Waals surface area contributed by atoms with Crippen molar-refractivity contribution in [2.24, 2.45) is 0 Å². The van der Waals surface area contributed by atoms with E-state index in [0.29, 0.717) is 23.7 Å². The van der Waals surface area contributed by atoms with E-state index < -0.39 is 0 Å². The van der Waals surface area contributed by atoms with Gasteiger partial charge in [-0.25, -0.2) is 0 Å². The van der Waals surface area contributed by atoms with E-state index in [1.165, 1.54) is 0 Å². The van der Waals surface area contributed by atoms with Crippen LogP contribution < -0.4 is 0 Å². The van der Waals surface area contributed by atoms with Gasteiger partial charge in [0.1, 0.15) is 0 Å². The summed E-state index contributed by atoms with van der Waals surface area (Å²) in [6, 6.07) is 0. The Kier molecular flexibility index (Phi) is 3.89. The number of hydrogen-bond donors (Lipinski definition) is 1. The van der Waals surface area contributed by atoms with Gasteiger partial charge in [-0.2, -0.15) is 4.79 Å². The van der Waals surface area contributed by atoms with Crippen LogP contribution in [0.5, 0.6) is 0 Å². The van der Waals surface area contributed by atoms with Crippen LogP contribution in [0.15, 0.2) is 22.9 Å². The molecule has 14 heavy (non-hydrogen) atoms. The maximum Gasteiger partial charge on any atom is 0.297 e. The van der Waals surface area contributed by atoms with E-state index in [1.807, 2.05) is 18.0 Å². The predicted molar refractivity (Wildman–Crippen MR) is 55.0 cm³/mol. The molecule has 0 atom stereocenters. The summed E-state index contributed by atoms with van der Waals surface area (Å²) in [5.74, 6) is 0. The lowest BCUT2D eigenvalue weighted by Crippen LogP contribution is -2.23. The van der Waals surface area contributed by atoms with E-state index in [-0.39, 0.29) is 6.61 Å². The average Bonchev–Trinajstić information content (AvgIpc) is 2.17. The fraction of sp³-hybridized carbons (Fsp3) is 0.444. The molecule has 1 aliphatic rings. The maximum absolute atomic E-state index is 8.76. The summed E-state index contributed by atoms with van der Waals surface area (Å²) in [6.07, 6.45) is 4.04. The third-order valence-electron chi connectivity index (χ3n) is 2.02. The average molecular weight is 214 g/mol. The number of halogens is 1. The van der Waals surface area contributed by atoms with Crippen LogP contribution in [0.25, 0.3) is 5.53 Å². The van der Waals surface area contributed by atoms with Gasteiger partial charge in [0.25, 0.3) is 5.71 Å². The molecule has 4 nitrogen and oxygen atoms in total. The quantitative estimate of drug-likeness (QED) is 0.562. The summed E-state index contributed by atoms with van der Waals surface area (Å²) in [6.45, 7) is 0.612. The van der Waals surface area contributed by atoms with Crippen molar-refractivity contribution in [3.63, 3.8) is 0 Å². The summed E-state index contributed by atoms with van der Waals surface area (Å²) in [7, 11) is 1.85. The lowest BCUT2D eigenvalue weighted by Gasteiger charge is -2.22. The van der Waals surface area contributed by atoms with Crippen LogP contribution in [0.1, 0.15) is 6.42 Å². The molecule has 0 bridgehead atoms. The van der Waals surface area contributed by atoms with E-state index in [9.17, 15) is 0 Å². The Morgan fingerprint density at radius 3 is 2.93 bits per heavy atom. The monoisotopic (exact) mass is 213 g/mol. The molecule has 0 aromatic carbocycles. The van der Waals surface area contributed by atoms with Crippen molar-refractivity contribution in [1.29, 1.82) is 0 Å². The third kappa shape index (κ3) is 2.45. The van der Waals surface area contributed by atoms with Crippen LogP contribution in [0.2, 0.25) is 0 Å². The van der Waals surface area contributed by atoms with E-state index in [1.54, 1.807) is 6.08 Å². The smallest absolute Gasteiger partial charge is 0.297 e. The lowest BCUT2D eigenvalue weighted by molar-refractivity contribution is -0.00549. The van der Waals surface area contributed by atoms with Crippen molar-refractivity contribution in [1.82, 2.24) is 4.90 Å². The number of aliphatic hydroxyl groups excluding tert-OH is 1. The fourth-order valence-electron chi connectivity index (χ4n) is 1.26. The Bertz CT molecular complexity index is 329. The summed E-state index contributed by atoms with van der Waals surface area (Å²) in [5, 5.41) is 9.28. The molecular formula is C9H12ClN3O. The van der Waals surface area contributed by atoms with Crippen LogP contribution >= 0.6 is 11.6 Å². The molecule has 76 valence electrons. The first kappa shape index (κ1) is 11.0. The van der Waals surface area contributed by atoms with Gasteiger partial charge in [-0.3, -0.25) is 0 Å². The Balaban J connectivity index is 2.79. The molecule has 0 aliphatic heterocycles. The molecule has 0 saturated heterocycles. The molecule has 0 unspecified atom stereocenters. The number of likely N-dealkylation sites (N-methyl/N-ethyl adjacent to an activating group) is 1. The van der Waals surface area contributed by atoms with Gasteiger partial charge < -0.3 is 15.5 Å². The van der Waals surface area contributed by atoms with Crippen LogP contribution in [-0.4, -0.2) is 40.7 Å². The Morgan fingerprint density at radius 1 is 1.71 bits per heavy atom. The molecule has 0 aromatic rings. The first-order valence-electron chi connectivity index (χ1n) is 4.29. The van der Waals surface area contributed by atoms with Crippen LogP contribution in [0.3, 0.4) is 0 Å². The molecule has 1 aliphatic carbocycles. The minimum atomic E-state index is 0.0823. The number of aliphatic hydroxyl groups is 1.